The zero-order chi connectivity index (χ0) is 13.1. The summed E-state index contributed by atoms with van der Waals surface area (Å²) in [4.78, 5) is 13.9. The van der Waals surface area contributed by atoms with E-state index in [0.717, 1.165) is 39.0 Å². The number of ether oxygens (including phenoxy) is 1. The highest BCUT2D eigenvalue weighted by atomic mass is 16.5. The molecule has 0 aliphatic heterocycles. The van der Waals surface area contributed by atoms with Crippen molar-refractivity contribution in [1.29, 1.82) is 0 Å². The summed E-state index contributed by atoms with van der Waals surface area (Å²) in [5, 5.41) is 2.94. The molecule has 0 aromatic rings. The number of rotatable bonds is 10. The van der Waals surface area contributed by atoms with Gasteiger partial charge in [0, 0.05) is 19.8 Å². The van der Waals surface area contributed by atoms with Gasteiger partial charge in [0.05, 0.1) is 6.04 Å². The zero-order valence-electron chi connectivity index (χ0n) is 11.8. The molecule has 4 heteroatoms. The van der Waals surface area contributed by atoms with Crippen molar-refractivity contribution in [2.75, 3.05) is 33.4 Å². The van der Waals surface area contributed by atoms with Gasteiger partial charge in [-0.2, -0.15) is 0 Å². The fourth-order valence-corrected chi connectivity index (χ4v) is 1.48. The lowest BCUT2D eigenvalue weighted by atomic mass is 10.2. The molecule has 0 aromatic heterocycles. The standard InChI is InChI=1S/C13H28N2O2/c1-5-7-10-15(4)12(3)13(16)14-9-8-11-17-6-2/h12H,5-11H2,1-4H3,(H,14,16). The van der Waals surface area contributed by atoms with Gasteiger partial charge in [0.1, 0.15) is 0 Å². The first-order valence-corrected chi connectivity index (χ1v) is 6.69. The molecule has 0 fully saturated rings. The van der Waals surface area contributed by atoms with E-state index in [1.54, 1.807) is 0 Å². The molecule has 4 nitrogen and oxygen atoms in total. The predicted molar refractivity (Wildman–Crippen MR) is 71.1 cm³/mol. The molecule has 0 bridgehead atoms. The number of unbranched alkanes of at least 4 members (excludes halogenated alkanes) is 1. The molecule has 1 unspecified atom stereocenters. The summed E-state index contributed by atoms with van der Waals surface area (Å²) in [6.45, 7) is 9.22. The van der Waals surface area contributed by atoms with Crippen LogP contribution in [0.2, 0.25) is 0 Å². The maximum absolute atomic E-state index is 11.8. The molecule has 0 saturated heterocycles. The zero-order valence-corrected chi connectivity index (χ0v) is 11.8. The highest BCUT2D eigenvalue weighted by Gasteiger charge is 2.16. The van der Waals surface area contributed by atoms with E-state index in [0.29, 0.717) is 6.54 Å². The predicted octanol–water partition coefficient (Wildman–Crippen LogP) is 1.65. The van der Waals surface area contributed by atoms with Crippen molar-refractivity contribution < 1.29 is 9.53 Å². The van der Waals surface area contributed by atoms with Gasteiger partial charge < -0.3 is 10.1 Å². The van der Waals surface area contributed by atoms with Crippen LogP contribution in [0.4, 0.5) is 0 Å². The first-order valence-electron chi connectivity index (χ1n) is 6.69. The van der Waals surface area contributed by atoms with Gasteiger partial charge in [0.25, 0.3) is 0 Å². The van der Waals surface area contributed by atoms with Gasteiger partial charge in [-0.3, -0.25) is 9.69 Å². The van der Waals surface area contributed by atoms with Crippen LogP contribution in [0.3, 0.4) is 0 Å². The Labute approximate surface area is 106 Å². The number of nitrogens with one attached hydrogen (secondary N) is 1. The topological polar surface area (TPSA) is 41.6 Å². The van der Waals surface area contributed by atoms with E-state index in [-0.39, 0.29) is 11.9 Å². The van der Waals surface area contributed by atoms with Crippen molar-refractivity contribution in [3.8, 4) is 0 Å². The third-order valence-corrected chi connectivity index (χ3v) is 2.87. The molecule has 0 heterocycles. The van der Waals surface area contributed by atoms with Crippen LogP contribution in [-0.2, 0) is 9.53 Å². The number of carbonyl (C=O) groups is 1. The summed E-state index contributed by atoms with van der Waals surface area (Å²) in [7, 11) is 2.00. The maximum Gasteiger partial charge on any atom is 0.237 e. The summed E-state index contributed by atoms with van der Waals surface area (Å²) < 4.78 is 5.21. The van der Waals surface area contributed by atoms with E-state index in [4.69, 9.17) is 4.74 Å². The highest BCUT2D eigenvalue weighted by molar-refractivity contribution is 5.81. The number of hydrogen-bond donors (Lipinski definition) is 1. The lowest BCUT2D eigenvalue weighted by Gasteiger charge is -2.23. The Balaban J connectivity index is 3.65. The molecule has 1 amide bonds. The normalized spacial score (nSPS) is 12.8. The van der Waals surface area contributed by atoms with Crippen molar-refractivity contribution >= 4 is 5.91 Å². The van der Waals surface area contributed by atoms with E-state index in [1.807, 2.05) is 20.9 Å². The minimum atomic E-state index is -0.0476. The Morgan fingerprint density at radius 2 is 2.06 bits per heavy atom. The van der Waals surface area contributed by atoms with Crippen LogP contribution in [0.15, 0.2) is 0 Å². The van der Waals surface area contributed by atoms with Gasteiger partial charge in [-0.15, -0.1) is 0 Å². The molecule has 17 heavy (non-hydrogen) atoms. The van der Waals surface area contributed by atoms with E-state index in [2.05, 4.69) is 17.1 Å². The van der Waals surface area contributed by atoms with Crippen molar-refractivity contribution in [3.05, 3.63) is 0 Å². The monoisotopic (exact) mass is 244 g/mol. The lowest BCUT2D eigenvalue weighted by Crippen LogP contribution is -2.44. The Hall–Kier alpha value is -0.610. The number of carbonyl (C=O) groups excluding carboxylic acids is 1. The molecule has 1 N–H and O–H groups in total. The second-order valence-electron chi connectivity index (χ2n) is 4.35. The van der Waals surface area contributed by atoms with E-state index < -0.39 is 0 Å². The molecule has 0 rings (SSSR count). The SMILES string of the molecule is CCCCN(C)C(C)C(=O)NCCCOCC. The van der Waals surface area contributed by atoms with Crippen molar-refractivity contribution in [2.45, 2.75) is 46.1 Å². The van der Waals surface area contributed by atoms with Crippen LogP contribution < -0.4 is 5.32 Å². The Morgan fingerprint density at radius 3 is 2.65 bits per heavy atom. The van der Waals surface area contributed by atoms with Crippen LogP contribution in [0.5, 0.6) is 0 Å². The Kier molecular flexibility index (Phi) is 10.2. The summed E-state index contributed by atoms with van der Waals surface area (Å²) >= 11 is 0. The maximum atomic E-state index is 11.8. The van der Waals surface area contributed by atoms with Crippen LogP contribution in [0, 0.1) is 0 Å². The van der Waals surface area contributed by atoms with Crippen LogP contribution >= 0.6 is 0 Å². The largest absolute Gasteiger partial charge is 0.382 e. The highest BCUT2D eigenvalue weighted by Crippen LogP contribution is 1.99. The minimum Gasteiger partial charge on any atom is -0.382 e. The summed E-state index contributed by atoms with van der Waals surface area (Å²) in [6.07, 6.45) is 3.18. The van der Waals surface area contributed by atoms with Crippen LogP contribution in [0.1, 0.15) is 40.0 Å². The third kappa shape index (κ3) is 8.16. The average Bonchev–Trinajstić information content (AvgIpc) is 2.34. The van der Waals surface area contributed by atoms with Gasteiger partial charge >= 0.3 is 0 Å². The fourth-order valence-electron chi connectivity index (χ4n) is 1.48. The van der Waals surface area contributed by atoms with Crippen molar-refractivity contribution in [3.63, 3.8) is 0 Å². The van der Waals surface area contributed by atoms with Crippen LogP contribution in [-0.4, -0.2) is 50.2 Å². The number of nitrogens with zero attached hydrogens (tertiary/aromatic N) is 1. The van der Waals surface area contributed by atoms with Gasteiger partial charge in [-0.05, 0) is 40.3 Å². The molecular formula is C13H28N2O2. The smallest absolute Gasteiger partial charge is 0.237 e. The Bertz CT molecular complexity index is 198. The second kappa shape index (κ2) is 10.5. The molecule has 0 radical (unpaired) electrons. The van der Waals surface area contributed by atoms with E-state index in [9.17, 15) is 4.79 Å². The summed E-state index contributed by atoms with van der Waals surface area (Å²) in [5.41, 5.74) is 0. The van der Waals surface area contributed by atoms with Gasteiger partial charge in [-0.25, -0.2) is 0 Å². The van der Waals surface area contributed by atoms with Gasteiger partial charge in [-0.1, -0.05) is 13.3 Å². The summed E-state index contributed by atoms with van der Waals surface area (Å²) in [6, 6.07) is -0.0476. The first kappa shape index (κ1) is 16.4. The molecule has 102 valence electrons. The molecule has 0 aliphatic rings. The van der Waals surface area contributed by atoms with Crippen LogP contribution in [0.25, 0.3) is 0 Å². The molecule has 0 saturated carbocycles. The van der Waals surface area contributed by atoms with E-state index in [1.165, 1.54) is 0 Å². The molecule has 1 atom stereocenters. The quantitative estimate of drug-likeness (QED) is 0.594. The van der Waals surface area contributed by atoms with Gasteiger partial charge in [0.2, 0.25) is 5.91 Å². The third-order valence-electron chi connectivity index (χ3n) is 2.87. The molecule has 0 spiro atoms. The molecule has 0 aliphatic carbocycles. The van der Waals surface area contributed by atoms with Crippen molar-refractivity contribution in [1.82, 2.24) is 10.2 Å². The van der Waals surface area contributed by atoms with Gasteiger partial charge in [0.15, 0.2) is 0 Å². The number of amides is 1. The van der Waals surface area contributed by atoms with E-state index >= 15 is 0 Å². The lowest BCUT2D eigenvalue weighted by molar-refractivity contribution is -0.125. The minimum absolute atomic E-state index is 0.0476. The molecule has 0 aromatic carbocycles. The average molecular weight is 244 g/mol. The fraction of sp³-hybridized carbons (Fsp3) is 0.923. The summed E-state index contributed by atoms with van der Waals surface area (Å²) in [5.74, 6) is 0.111. The first-order chi connectivity index (χ1) is 8.13. The Morgan fingerprint density at radius 1 is 1.35 bits per heavy atom. The molecular weight excluding hydrogens is 216 g/mol. The number of likely N-dealkylation sites (N-methyl/N-ethyl adjacent to an activating group) is 1. The number of hydrogen-bond acceptors (Lipinski definition) is 3. The second-order valence-corrected chi connectivity index (χ2v) is 4.35. The van der Waals surface area contributed by atoms with Crippen molar-refractivity contribution in [2.24, 2.45) is 0 Å².